The number of nitrogens with zero attached hydrogens (tertiary/aromatic N) is 2. The molecule has 6 heteroatoms. The standard InChI is InChI=1S/C15H19N3O2S/c1-3-8-20-13-6-5-12(10-14(13)19-4-2)11-17-18-15-16-7-9-21-15/h5-7,9-11H,3-4,8H2,1-2H3,(H,16,18)/b17-11-. The van der Waals surface area contributed by atoms with Gasteiger partial charge in [0.1, 0.15) is 0 Å². The molecule has 112 valence electrons. The summed E-state index contributed by atoms with van der Waals surface area (Å²) in [4.78, 5) is 4.09. The predicted octanol–water partition coefficient (Wildman–Crippen LogP) is 3.78. The van der Waals surface area contributed by atoms with Crippen molar-refractivity contribution >= 4 is 22.7 Å². The maximum Gasteiger partial charge on any atom is 0.203 e. The van der Waals surface area contributed by atoms with Gasteiger partial charge in [0.2, 0.25) is 5.13 Å². The van der Waals surface area contributed by atoms with E-state index in [1.807, 2.05) is 30.5 Å². The molecule has 0 spiro atoms. The second-order valence-electron chi connectivity index (χ2n) is 4.19. The number of hydrazone groups is 1. The van der Waals surface area contributed by atoms with E-state index in [0.717, 1.165) is 28.6 Å². The van der Waals surface area contributed by atoms with Crippen molar-refractivity contribution in [2.75, 3.05) is 18.6 Å². The first kappa shape index (κ1) is 15.3. The molecule has 0 fully saturated rings. The van der Waals surface area contributed by atoms with Gasteiger partial charge in [-0.05, 0) is 37.1 Å². The maximum absolute atomic E-state index is 5.66. The van der Waals surface area contributed by atoms with Crippen LogP contribution in [0.15, 0.2) is 34.9 Å². The van der Waals surface area contributed by atoms with E-state index in [1.165, 1.54) is 11.3 Å². The fourth-order valence-corrected chi connectivity index (χ4v) is 2.12. The highest BCUT2D eigenvalue weighted by atomic mass is 32.1. The Morgan fingerprint density at radius 1 is 1.29 bits per heavy atom. The number of hydrogen-bond donors (Lipinski definition) is 1. The minimum atomic E-state index is 0.598. The number of rotatable bonds is 8. The number of aromatic nitrogens is 1. The van der Waals surface area contributed by atoms with Crippen LogP contribution in [0.25, 0.3) is 0 Å². The van der Waals surface area contributed by atoms with Gasteiger partial charge in [0.15, 0.2) is 11.5 Å². The number of anilines is 1. The summed E-state index contributed by atoms with van der Waals surface area (Å²) >= 11 is 1.50. The van der Waals surface area contributed by atoms with E-state index in [0.29, 0.717) is 13.2 Å². The third-order valence-corrected chi connectivity index (χ3v) is 3.21. The number of ether oxygens (including phenoxy) is 2. The van der Waals surface area contributed by atoms with Crippen LogP contribution in [0.2, 0.25) is 0 Å². The molecule has 2 aromatic rings. The summed E-state index contributed by atoms with van der Waals surface area (Å²) in [5, 5.41) is 6.81. The van der Waals surface area contributed by atoms with Crippen LogP contribution in [0.3, 0.4) is 0 Å². The summed E-state index contributed by atoms with van der Waals surface area (Å²) in [6.07, 6.45) is 4.43. The third kappa shape index (κ3) is 4.75. The lowest BCUT2D eigenvalue weighted by Gasteiger charge is -2.11. The van der Waals surface area contributed by atoms with Crippen molar-refractivity contribution < 1.29 is 9.47 Å². The average molecular weight is 305 g/mol. The molecule has 1 heterocycles. The van der Waals surface area contributed by atoms with Gasteiger partial charge in [0, 0.05) is 11.6 Å². The molecule has 0 aliphatic carbocycles. The molecule has 1 N–H and O–H groups in total. The Kier molecular flexibility index (Phi) is 6.02. The maximum atomic E-state index is 5.66. The summed E-state index contributed by atoms with van der Waals surface area (Å²) in [6, 6.07) is 5.77. The molecule has 1 aromatic carbocycles. The van der Waals surface area contributed by atoms with E-state index < -0.39 is 0 Å². The van der Waals surface area contributed by atoms with Crippen LogP contribution < -0.4 is 14.9 Å². The highest BCUT2D eigenvalue weighted by Gasteiger charge is 2.05. The molecule has 0 aliphatic rings. The normalized spacial score (nSPS) is 10.8. The van der Waals surface area contributed by atoms with Gasteiger partial charge in [-0.15, -0.1) is 11.3 Å². The van der Waals surface area contributed by atoms with Gasteiger partial charge < -0.3 is 9.47 Å². The largest absolute Gasteiger partial charge is 0.490 e. The van der Waals surface area contributed by atoms with Gasteiger partial charge in [-0.2, -0.15) is 5.10 Å². The predicted molar refractivity (Wildman–Crippen MR) is 86.7 cm³/mol. The van der Waals surface area contributed by atoms with Crippen LogP contribution in [-0.2, 0) is 0 Å². The van der Waals surface area contributed by atoms with Crippen LogP contribution in [0.4, 0.5) is 5.13 Å². The fourth-order valence-electron chi connectivity index (χ4n) is 1.65. The molecule has 0 amide bonds. The van der Waals surface area contributed by atoms with E-state index in [9.17, 15) is 0 Å². The van der Waals surface area contributed by atoms with Crippen LogP contribution in [-0.4, -0.2) is 24.4 Å². The minimum absolute atomic E-state index is 0.598. The van der Waals surface area contributed by atoms with Crippen molar-refractivity contribution in [1.29, 1.82) is 0 Å². The zero-order chi connectivity index (χ0) is 14.9. The molecule has 0 saturated heterocycles. The van der Waals surface area contributed by atoms with Gasteiger partial charge in [0.05, 0.1) is 19.4 Å². The molecular formula is C15H19N3O2S. The van der Waals surface area contributed by atoms with Gasteiger partial charge >= 0.3 is 0 Å². The van der Waals surface area contributed by atoms with Crippen molar-refractivity contribution in [2.45, 2.75) is 20.3 Å². The number of hydrogen-bond acceptors (Lipinski definition) is 6. The Morgan fingerprint density at radius 2 is 2.19 bits per heavy atom. The zero-order valence-electron chi connectivity index (χ0n) is 12.2. The number of thiazole rings is 1. The molecule has 0 unspecified atom stereocenters. The van der Waals surface area contributed by atoms with Crippen molar-refractivity contribution in [3.05, 3.63) is 35.3 Å². The van der Waals surface area contributed by atoms with Crippen LogP contribution in [0.1, 0.15) is 25.8 Å². The Morgan fingerprint density at radius 3 is 2.90 bits per heavy atom. The highest BCUT2D eigenvalue weighted by Crippen LogP contribution is 2.28. The van der Waals surface area contributed by atoms with Crippen molar-refractivity contribution in [3.8, 4) is 11.5 Å². The fraction of sp³-hybridized carbons (Fsp3) is 0.333. The lowest BCUT2D eigenvalue weighted by atomic mass is 10.2. The summed E-state index contributed by atoms with van der Waals surface area (Å²) in [6.45, 7) is 5.31. The Labute approximate surface area is 128 Å². The van der Waals surface area contributed by atoms with Crippen LogP contribution in [0.5, 0.6) is 11.5 Å². The molecule has 2 rings (SSSR count). The Balaban J connectivity index is 2.05. The van der Waals surface area contributed by atoms with E-state index in [2.05, 4.69) is 22.4 Å². The first-order chi connectivity index (χ1) is 10.3. The van der Waals surface area contributed by atoms with Crippen LogP contribution >= 0.6 is 11.3 Å². The highest BCUT2D eigenvalue weighted by molar-refractivity contribution is 7.13. The van der Waals surface area contributed by atoms with Crippen molar-refractivity contribution in [3.63, 3.8) is 0 Å². The van der Waals surface area contributed by atoms with Crippen molar-refractivity contribution in [1.82, 2.24) is 4.98 Å². The van der Waals surface area contributed by atoms with Gasteiger partial charge in [-0.1, -0.05) is 6.92 Å². The second kappa shape index (κ2) is 8.26. The lowest BCUT2D eigenvalue weighted by molar-refractivity contribution is 0.277. The van der Waals surface area contributed by atoms with E-state index in [-0.39, 0.29) is 0 Å². The molecule has 1 aromatic heterocycles. The first-order valence-electron chi connectivity index (χ1n) is 6.91. The van der Waals surface area contributed by atoms with Gasteiger partial charge in [-0.25, -0.2) is 4.98 Å². The third-order valence-electron chi connectivity index (χ3n) is 2.54. The molecule has 0 bridgehead atoms. The Hall–Kier alpha value is -2.08. The summed E-state index contributed by atoms with van der Waals surface area (Å²) in [5.41, 5.74) is 3.81. The van der Waals surface area contributed by atoms with Gasteiger partial charge in [0.25, 0.3) is 0 Å². The minimum Gasteiger partial charge on any atom is -0.490 e. The van der Waals surface area contributed by atoms with E-state index in [4.69, 9.17) is 9.47 Å². The second-order valence-corrected chi connectivity index (χ2v) is 5.09. The average Bonchev–Trinajstić information content (AvgIpc) is 3.00. The van der Waals surface area contributed by atoms with Crippen LogP contribution in [0, 0.1) is 0 Å². The molecule has 0 saturated carbocycles. The molecule has 0 radical (unpaired) electrons. The van der Waals surface area contributed by atoms with Crippen molar-refractivity contribution in [2.24, 2.45) is 5.10 Å². The molecule has 0 aliphatic heterocycles. The topological polar surface area (TPSA) is 55.7 Å². The number of benzene rings is 1. The summed E-state index contributed by atoms with van der Waals surface area (Å²) in [7, 11) is 0. The van der Waals surface area contributed by atoms with E-state index >= 15 is 0 Å². The summed E-state index contributed by atoms with van der Waals surface area (Å²) < 4.78 is 11.3. The quantitative estimate of drug-likeness (QED) is 0.595. The molecular weight excluding hydrogens is 286 g/mol. The lowest BCUT2D eigenvalue weighted by Crippen LogP contribution is -2.00. The first-order valence-corrected chi connectivity index (χ1v) is 7.79. The molecule has 0 atom stereocenters. The Bertz CT molecular complexity index is 570. The van der Waals surface area contributed by atoms with Gasteiger partial charge in [-0.3, -0.25) is 5.43 Å². The van der Waals surface area contributed by atoms with E-state index in [1.54, 1.807) is 12.4 Å². The summed E-state index contributed by atoms with van der Waals surface area (Å²) in [5.74, 6) is 1.51. The zero-order valence-corrected chi connectivity index (χ0v) is 13.0. The molecule has 5 nitrogen and oxygen atoms in total. The SMILES string of the molecule is CCCOc1ccc(/C=N\Nc2nccs2)cc1OCC. The number of nitrogens with one attached hydrogen (secondary N) is 1. The molecule has 21 heavy (non-hydrogen) atoms. The smallest absolute Gasteiger partial charge is 0.203 e. The monoisotopic (exact) mass is 305 g/mol.